The number of aromatic nitrogens is 3. The first-order valence-corrected chi connectivity index (χ1v) is 14.7. The fraction of sp³-hybridized carbons (Fsp3) is 0.654. The summed E-state index contributed by atoms with van der Waals surface area (Å²) in [5.74, 6) is -0.796. The molecule has 4 rings (SSSR count). The van der Waals surface area contributed by atoms with Crippen LogP contribution in [0.4, 0.5) is 27.8 Å². The van der Waals surface area contributed by atoms with Crippen molar-refractivity contribution in [2.45, 2.75) is 89.8 Å². The summed E-state index contributed by atoms with van der Waals surface area (Å²) >= 11 is 5.80. The zero-order chi connectivity index (χ0) is 31.9. The van der Waals surface area contributed by atoms with Gasteiger partial charge >= 0.3 is 24.4 Å². The van der Waals surface area contributed by atoms with E-state index in [0.29, 0.717) is 31.6 Å². The lowest BCUT2D eigenvalue weighted by atomic mass is 9.79. The molecule has 43 heavy (non-hydrogen) atoms. The number of hydrogen-bond acceptors (Lipinski definition) is 8. The highest BCUT2D eigenvalue weighted by atomic mass is 35.5. The SMILES string of the molecule is CCn1nc(C(=O)NCC2(O)CCC(C)CC2)c(Cl)c1-c1cnc(NC(CC(F)(F)F)C2CC2)cc1OC(F)F.O=S=O. The summed E-state index contributed by atoms with van der Waals surface area (Å²) < 4.78 is 88.6. The van der Waals surface area contributed by atoms with E-state index >= 15 is 0 Å². The Morgan fingerprint density at radius 3 is 2.42 bits per heavy atom. The van der Waals surface area contributed by atoms with Gasteiger partial charge in [0.1, 0.15) is 11.6 Å². The highest BCUT2D eigenvalue weighted by Crippen LogP contribution is 2.41. The molecule has 0 radical (unpaired) electrons. The van der Waals surface area contributed by atoms with E-state index in [1.807, 2.05) is 0 Å². The highest BCUT2D eigenvalue weighted by molar-refractivity contribution is 7.51. The van der Waals surface area contributed by atoms with Crippen molar-refractivity contribution in [1.82, 2.24) is 20.1 Å². The lowest BCUT2D eigenvalue weighted by Gasteiger charge is -2.34. The van der Waals surface area contributed by atoms with Crippen LogP contribution >= 0.6 is 11.6 Å². The van der Waals surface area contributed by atoms with Crippen LogP contribution in [0.25, 0.3) is 11.3 Å². The third-order valence-electron chi connectivity index (χ3n) is 7.51. The molecule has 10 nitrogen and oxygen atoms in total. The predicted molar refractivity (Wildman–Crippen MR) is 147 cm³/mol. The van der Waals surface area contributed by atoms with Gasteiger partial charge in [-0.1, -0.05) is 18.5 Å². The number of nitrogens with one attached hydrogen (secondary N) is 2. The number of ether oxygens (including phenoxy) is 1. The first kappa shape index (κ1) is 34.6. The summed E-state index contributed by atoms with van der Waals surface area (Å²) in [6, 6.07) is 0.135. The van der Waals surface area contributed by atoms with E-state index in [9.17, 15) is 31.9 Å². The number of amides is 1. The number of carbonyl (C=O) groups is 1. The van der Waals surface area contributed by atoms with E-state index in [2.05, 4.69) is 27.6 Å². The Morgan fingerprint density at radius 1 is 1.26 bits per heavy atom. The second kappa shape index (κ2) is 14.8. The van der Waals surface area contributed by atoms with Gasteiger partial charge in [0.05, 0.1) is 28.3 Å². The minimum absolute atomic E-state index is 0.00491. The van der Waals surface area contributed by atoms with Gasteiger partial charge in [0, 0.05) is 31.4 Å². The molecule has 2 heterocycles. The first-order valence-electron chi connectivity index (χ1n) is 13.7. The van der Waals surface area contributed by atoms with Crippen LogP contribution in [0.1, 0.15) is 69.3 Å². The number of aryl methyl sites for hydroxylation is 1. The summed E-state index contributed by atoms with van der Waals surface area (Å²) in [5.41, 5.74) is -1.14. The van der Waals surface area contributed by atoms with Gasteiger partial charge in [0.15, 0.2) is 5.69 Å². The predicted octanol–water partition coefficient (Wildman–Crippen LogP) is 5.36. The van der Waals surface area contributed by atoms with Crippen molar-refractivity contribution in [1.29, 1.82) is 0 Å². The highest BCUT2D eigenvalue weighted by Gasteiger charge is 2.40. The smallest absolute Gasteiger partial charge is 0.391 e. The van der Waals surface area contributed by atoms with E-state index in [4.69, 9.17) is 24.8 Å². The molecule has 1 atom stereocenters. The Bertz CT molecular complexity index is 1300. The second-order valence-corrected chi connectivity index (χ2v) is 11.4. The summed E-state index contributed by atoms with van der Waals surface area (Å²) in [6.07, 6.45) is -0.339. The summed E-state index contributed by atoms with van der Waals surface area (Å²) in [5, 5.41) is 20.3. The number of carbonyl (C=O) groups excluding carboxylic acids is 1. The molecule has 0 aromatic carbocycles. The number of alkyl halides is 5. The third kappa shape index (κ3) is 9.83. The molecule has 2 fully saturated rings. The molecule has 1 amide bonds. The lowest BCUT2D eigenvalue weighted by Crippen LogP contribution is -2.45. The molecule has 0 aliphatic heterocycles. The normalized spacial score (nSPS) is 21.0. The van der Waals surface area contributed by atoms with Crippen molar-refractivity contribution in [3.63, 3.8) is 0 Å². The van der Waals surface area contributed by atoms with Crippen LogP contribution < -0.4 is 15.4 Å². The minimum Gasteiger partial charge on any atom is -0.434 e. The standard InChI is InChI=1S/C26H33ClF5N5O3.O2S/c1-3-37-22(20(27)21(36-37)23(38)34-13-25(39)8-6-14(2)7-9-25)16-12-33-19(10-18(16)40-24(28)29)35-17(15-4-5-15)11-26(30,31)32;1-3-2/h10,12,14-15,17,24,39H,3-9,11,13H2,1-2H3,(H,33,35)(H,34,38);. The zero-order valence-electron chi connectivity index (χ0n) is 23.4. The fourth-order valence-electron chi connectivity index (χ4n) is 5.04. The monoisotopic (exact) mass is 657 g/mol. The third-order valence-corrected chi connectivity index (χ3v) is 7.86. The molecule has 240 valence electrons. The largest absolute Gasteiger partial charge is 0.434 e. The van der Waals surface area contributed by atoms with Gasteiger partial charge in [-0.25, -0.2) is 4.98 Å². The maximum Gasteiger partial charge on any atom is 0.391 e. The van der Waals surface area contributed by atoms with Crippen LogP contribution in [0.5, 0.6) is 5.75 Å². The average molecular weight is 658 g/mol. The van der Waals surface area contributed by atoms with Crippen molar-refractivity contribution >= 4 is 34.9 Å². The molecule has 2 saturated carbocycles. The van der Waals surface area contributed by atoms with Crippen molar-refractivity contribution in [3.8, 4) is 17.0 Å². The number of pyridine rings is 1. The molecule has 17 heteroatoms. The Balaban J connectivity index is 0.00000162. The molecule has 1 unspecified atom stereocenters. The molecule has 3 N–H and O–H groups in total. The molecule has 2 aromatic heterocycles. The van der Waals surface area contributed by atoms with Crippen molar-refractivity contribution in [2.75, 3.05) is 11.9 Å². The van der Waals surface area contributed by atoms with Gasteiger partial charge in [-0.15, -0.1) is 0 Å². The second-order valence-electron chi connectivity index (χ2n) is 10.8. The molecule has 2 aliphatic carbocycles. The Kier molecular flexibility index (Phi) is 11.9. The van der Waals surface area contributed by atoms with Gasteiger partial charge in [0.25, 0.3) is 5.91 Å². The number of aliphatic hydroxyl groups is 1. The number of halogens is 6. The maximum atomic E-state index is 13.4. The summed E-state index contributed by atoms with van der Waals surface area (Å²) in [7, 11) is 0. The first-order chi connectivity index (χ1) is 20.2. The van der Waals surface area contributed by atoms with Crippen LogP contribution in [0.3, 0.4) is 0 Å². The molecule has 0 spiro atoms. The number of hydrogen-bond donors (Lipinski definition) is 3. The maximum absolute atomic E-state index is 13.4. The van der Waals surface area contributed by atoms with Crippen LogP contribution in [-0.2, 0) is 18.1 Å². The van der Waals surface area contributed by atoms with Crippen LogP contribution in [0.2, 0.25) is 5.02 Å². The van der Waals surface area contributed by atoms with Gasteiger partial charge in [0.2, 0.25) is 0 Å². The fourth-order valence-corrected chi connectivity index (χ4v) is 5.36. The van der Waals surface area contributed by atoms with E-state index in [1.54, 1.807) is 6.92 Å². The topological polar surface area (TPSA) is 135 Å². The summed E-state index contributed by atoms with van der Waals surface area (Å²) in [6.45, 7) is 0.767. The minimum atomic E-state index is -4.41. The Hall–Kier alpha value is -2.85. The molecule has 0 saturated heterocycles. The van der Waals surface area contributed by atoms with E-state index < -0.39 is 48.3 Å². The molecule has 2 aliphatic rings. The number of nitrogens with zero attached hydrogens (tertiary/aromatic N) is 3. The quantitative estimate of drug-likeness (QED) is 0.275. The van der Waals surface area contributed by atoms with Crippen LogP contribution in [0.15, 0.2) is 12.3 Å². The zero-order valence-corrected chi connectivity index (χ0v) is 25.0. The van der Waals surface area contributed by atoms with Gasteiger partial charge in [-0.3, -0.25) is 9.48 Å². The van der Waals surface area contributed by atoms with Crippen LogP contribution in [-0.4, -0.2) is 65.2 Å². The van der Waals surface area contributed by atoms with Crippen molar-refractivity contribution in [3.05, 3.63) is 23.0 Å². The van der Waals surface area contributed by atoms with Crippen molar-refractivity contribution in [2.24, 2.45) is 11.8 Å². The molecular weight excluding hydrogens is 625 g/mol. The van der Waals surface area contributed by atoms with E-state index in [-0.39, 0.29) is 52.5 Å². The number of rotatable bonds is 11. The average Bonchev–Trinajstić information content (AvgIpc) is 3.72. The van der Waals surface area contributed by atoms with E-state index in [1.165, 1.54) is 4.68 Å². The van der Waals surface area contributed by atoms with Crippen LogP contribution in [0, 0.1) is 11.8 Å². The Labute approximate surface area is 253 Å². The summed E-state index contributed by atoms with van der Waals surface area (Å²) in [4.78, 5) is 17.1. The van der Waals surface area contributed by atoms with E-state index in [0.717, 1.165) is 25.1 Å². The lowest BCUT2D eigenvalue weighted by molar-refractivity contribution is -0.138. The van der Waals surface area contributed by atoms with Gasteiger partial charge in [-0.05, 0) is 57.3 Å². The number of anilines is 1. The molecule has 0 bridgehead atoms. The van der Waals surface area contributed by atoms with Gasteiger partial charge < -0.3 is 20.5 Å². The van der Waals surface area contributed by atoms with Crippen molar-refractivity contribution < 1.29 is 45.0 Å². The van der Waals surface area contributed by atoms with Gasteiger partial charge in [-0.2, -0.15) is 35.5 Å². The Morgan fingerprint density at radius 2 is 1.88 bits per heavy atom. The molecule has 2 aromatic rings. The molecular formula is C26H33ClF5N5O5S.